The van der Waals surface area contributed by atoms with Crippen molar-refractivity contribution < 1.29 is 13.2 Å². The number of nitrogens with one attached hydrogen (secondary N) is 1. The second-order valence-corrected chi connectivity index (χ2v) is 8.86. The van der Waals surface area contributed by atoms with Gasteiger partial charge in [-0.25, -0.2) is 8.42 Å². The van der Waals surface area contributed by atoms with E-state index in [1.165, 1.54) is 11.4 Å². The van der Waals surface area contributed by atoms with E-state index in [1.54, 1.807) is 54.6 Å². The molecule has 0 fully saturated rings. The van der Waals surface area contributed by atoms with E-state index in [-0.39, 0.29) is 16.8 Å². The Bertz CT molecular complexity index is 1110. The maximum atomic E-state index is 12.8. The van der Waals surface area contributed by atoms with Gasteiger partial charge in [-0.2, -0.15) is 0 Å². The summed E-state index contributed by atoms with van der Waals surface area (Å²) in [4.78, 5) is 13.0. The lowest BCUT2D eigenvalue weighted by atomic mass is 10.0. The first-order valence-corrected chi connectivity index (χ1v) is 10.7. The van der Waals surface area contributed by atoms with E-state index < -0.39 is 10.0 Å². The summed E-state index contributed by atoms with van der Waals surface area (Å²) < 4.78 is 26.9. The molecule has 0 heterocycles. The number of aryl methyl sites for hydroxylation is 1. The van der Waals surface area contributed by atoms with Crippen LogP contribution in [0.1, 0.15) is 34.5 Å². The highest BCUT2D eigenvalue weighted by atomic mass is 32.2. The molecule has 5 nitrogen and oxygen atoms in total. The van der Waals surface area contributed by atoms with Crippen LogP contribution >= 0.6 is 0 Å². The van der Waals surface area contributed by atoms with Gasteiger partial charge in [-0.1, -0.05) is 48.5 Å². The molecule has 150 valence electrons. The lowest BCUT2D eigenvalue weighted by Crippen LogP contribution is -2.29. The molecule has 0 unspecified atom stereocenters. The Hall–Kier alpha value is -3.12. The number of rotatable bonds is 6. The summed E-state index contributed by atoms with van der Waals surface area (Å²) in [5, 5.41) is 2.98. The molecule has 1 atom stereocenters. The third kappa shape index (κ3) is 4.49. The molecule has 3 aromatic rings. The van der Waals surface area contributed by atoms with Crippen molar-refractivity contribution in [1.82, 2.24) is 5.32 Å². The van der Waals surface area contributed by atoms with Gasteiger partial charge in [-0.15, -0.1) is 0 Å². The van der Waals surface area contributed by atoms with Crippen molar-refractivity contribution in [1.29, 1.82) is 0 Å². The van der Waals surface area contributed by atoms with E-state index in [4.69, 9.17) is 0 Å². The maximum Gasteiger partial charge on any atom is 0.264 e. The maximum absolute atomic E-state index is 12.8. The number of hydrogen-bond donors (Lipinski definition) is 1. The average Bonchev–Trinajstić information content (AvgIpc) is 2.74. The topological polar surface area (TPSA) is 66.5 Å². The van der Waals surface area contributed by atoms with Crippen LogP contribution in [0.5, 0.6) is 0 Å². The Balaban J connectivity index is 1.82. The minimum Gasteiger partial charge on any atom is -0.346 e. The molecule has 3 aromatic carbocycles. The molecule has 0 aliphatic carbocycles. The Kier molecular flexibility index (Phi) is 6.03. The lowest BCUT2D eigenvalue weighted by Gasteiger charge is -2.21. The van der Waals surface area contributed by atoms with E-state index in [0.29, 0.717) is 11.3 Å². The number of sulfonamides is 1. The van der Waals surface area contributed by atoms with Crippen molar-refractivity contribution in [3.8, 4) is 0 Å². The van der Waals surface area contributed by atoms with Crippen LogP contribution in [0.2, 0.25) is 0 Å². The fourth-order valence-corrected chi connectivity index (χ4v) is 4.37. The number of hydrogen-bond acceptors (Lipinski definition) is 3. The van der Waals surface area contributed by atoms with Crippen molar-refractivity contribution in [2.75, 3.05) is 11.4 Å². The summed E-state index contributed by atoms with van der Waals surface area (Å²) in [5.74, 6) is -0.256. The number of amides is 1. The van der Waals surface area contributed by atoms with Crippen molar-refractivity contribution in [3.63, 3.8) is 0 Å². The second kappa shape index (κ2) is 8.49. The van der Waals surface area contributed by atoms with Crippen LogP contribution in [0.15, 0.2) is 83.8 Å². The summed E-state index contributed by atoms with van der Waals surface area (Å²) >= 11 is 0. The van der Waals surface area contributed by atoms with Gasteiger partial charge in [0.2, 0.25) is 0 Å². The minimum absolute atomic E-state index is 0.168. The highest BCUT2D eigenvalue weighted by Crippen LogP contribution is 2.23. The molecule has 1 amide bonds. The first-order valence-electron chi connectivity index (χ1n) is 9.31. The minimum atomic E-state index is -3.70. The van der Waals surface area contributed by atoms with Gasteiger partial charge in [0.05, 0.1) is 16.6 Å². The number of nitrogens with zero attached hydrogens (tertiary/aromatic N) is 1. The Morgan fingerprint density at radius 3 is 2.28 bits per heavy atom. The van der Waals surface area contributed by atoms with Crippen LogP contribution in [-0.4, -0.2) is 21.4 Å². The monoisotopic (exact) mass is 408 g/mol. The fraction of sp³-hybridized carbons (Fsp3) is 0.174. The van der Waals surface area contributed by atoms with Gasteiger partial charge >= 0.3 is 0 Å². The van der Waals surface area contributed by atoms with Gasteiger partial charge < -0.3 is 5.32 Å². The molecule has 0 bridgehead atoms. The smallest absolute Gasteiger partial charge is 0.264 e. The average molecular weight is 409 g/mol. The van der Waals surface area contributed by atoms with Gasteiger partial charge in [-0.05, 0) is 55.3 Å². The normalized spacial score (nSPS) is 12.2. The highest BCUT2D eigenvalue weighted by molar-refractivity contribution is 7.92. The standard InChI is InChI=1S/C23H24N2O3S/c1-17-10-7-8-15-22(17)18(2)24-23(26)19-11-9-12-20(16-19)25(3)29(27,28)21-13-5-4-6-14-21/h4-16,18H,1-3H3,(H,24,26)/t18-/m1/s1. The molecular formula is C23H24N2O3S. The molecule has 0 aliphatic rings. The zero-order valence-corrected chi connectivity index (χ0v) is 17.5. The first kappa shape index (κ1) is 20.6. The van der Waals surface area contributed by atoms with Crippen LogP contribution in [0, 0.1) is 6.92 Å². The predicted molar refractivity (Wildman–Crippen MR) is 116 cm³/mol. The number of anilines is 1. The molecular weight excluding hydrogens is 384 g/mol. The third-order valence-electron chi connectivity index (χ3n) is 4.88. The van der Waals surface area contributed by atoms with E-state index in [9.17, 15) is 13.2 Å². The lowest BCUT2D eigenvalue weighted by molar-refractivity contribution is 0.0940. The van der Waals surface area contributed by atoms with Gasteiger partial charge in [0.1, 0.15) is 0 Å². The van der Waals surface area contributed by atoms with Crippen LogP contribution in [-0.2, 0) is 10.0 Å². The molecule has 0 aliphatic heterocycles. The van der Waals surface area contributed by atoms with Crippen LogP contribution in [0.4, 0.5) is 5.69 Å². The largest absolute Gasteiger partial charge is 0.346 e. The van der Waals surface area contributed by atoms with E-state index in [0.717, 1.165) is 11.1 Å². The quantitative estimate of drug-likeness (QED) is 0.661. The summed E-state index contributed by atoms with van der Waals surface area (Å²) in [6.07, 6.45) is 0. The SMILES string of the molecule is Cc1ccccc1[C@@H](C)NC(=O)c1cccc(N(C)S(=O)(=O)c2ccccc2)c1. The van der Waals surface area contributed by atoms with Gasteiger partial charge in [0.25, 0.3) is 15.9 Å². The van der Waals surface area contributed by atoms with Gasteiger partial charge in [0.15, 0.2) is 0 Å². The Labute approximate surface area is 172 Å². The summed E-state index contributed by atoms with van der Waals surface area (Å²) in [6, 6.07) is 22.5. The Morgan fingerprint density at radius 2 is 1.59 bits per heavy atom. The summed E-state index contributed by atoms with van der Waals surface area (Å²) in [5.41, 5.74) is 2.96. The first-order chi connectivity index (χ1) is 13.8. The molecule has 1 N–H and O–H groups in total. The molecule has 3 rings (SSSR count). The number of carbonyl (C=O) groups excluding carboxylic acids is 1. The zero-order chi connectivity index (χ0) is 21.0. The molecule has 29 heavy (non-hydrogen) atoms. The molecule has 6 heteroatoms. The van der Waals surface area contributed by atoms with Gasteiger partial charge in [-0.3, -0.25) is 9.10 Å². The van der Waals surface area contributed by atoms with Crippen LogP contribution in [0.25, 0.3) is 0 Å². The van der Waals surface area contributed by atoms with Crippen molar-refractivity contribution in [2.45, 2.75) is 24.8 Å². The Morgan fingerprint density at radius 1 is 0.931 bits per heavy atom. The number of benzene rings is 3. The van der Waals surface area contributed by atoms with Crippen LogP contribution < -0.4 is 9.62 Å². The summed E-state index contributed by atoms with van der Waals surface area (Å²) in [7, 11) is -2.22. The third-order valence-corrected chi connectivity index (χ3v) is 6.68. The van der Waals surface area contributed by atoms with Crippen molar-refractivity contribution in [3.05, 3.63) is 95.6 Å². The van der Waals surface area contributed by atoms with E-state index in [2.05, 4.69) is 5.32 Å². The van der Waals surface area contributed by atoms with Crippen LogP contribution in [0.3, 0.4) is 0 Å². The van der Waals surface area contributed by atoms with Gasteiger partial charge in [0, 0.05) is 12.6 Å². The molecule has 0 spiro atoms. The predicted octanol–water partition coefficient (Wildman–Crippen LogP) is 4.31. The molecule has 0 aromatic heterocycles. The van der Waals surface area contributed by atoms with Crippen molar-refractivity contribution >= 4 is 21.6 Å². The molecule has 0 radical (unpaired) electrons. The van der Waals surface area contributed by atoms with Crippen molar-refractivity contribution in [2.24, 2.45) is 0 Å². The van der Waals surface area contributed by atoms with E-state index >= 15 is 0 Å². The number of carbonyl (C=O) groups is 1. The highest BCUT2D eigenvalue weighted by Gasteiger charge is 2.22. The fourth-order valence-electron chi connectivity index (χ4n) is 3.16. The molecule has 0 saturated heterocycles. The molecule has 0 saturated carbocycles. The zero-order valence-electron chi connectivity index (χ0n) is 16.7. The second-order valence-electron chi connectivity index (χ2n) is 6.89. The van der Waals surface area contributed by atoms with E-state index in [1.807, 2.05) is 38.1 Å². The summed E-state index contributed by atoms with van der Waals surface area (Å²) in [6.45, 7) is 3.93.